The predicted octanol–water partition coefficient (Wildman–Crippen LogP) is 5.06. The van der Waals surface area contributed by atoms with Gasteiger partial charge in [-0.25, -0.2) is 9.69 Å². The van der Waals surface area contributed by atoms with Gasteiger partial charge in [0.1, 0.15) is 17.3 Å². The molecule has 1 heterocycles. The first kappa shape index (κ1) is 26.4. The van der Waals surface area contributed by atoms with E-state index in [-0.39, 0.29) is 18.6 Å². The molecule has 0 aliphatic carbocycles. The SMILES string of the molecule is C=CCC(NC(=O)N1C(=O)C(CC)(CC)[C@@H]1Oc1ccc([C@@H](O)COC)cc1)c1ccc(C)cc1. The molecular formula is C28H36N2O5. The van der Waals surface area contributed by atoms with Gasteiger partial charge in [0, 0.05) is 7.11 Å². The van der Waals surface area contributed by atoms with Gasteiger partial charge in [-0.2, -0.15) is 0 Å². The van der Waals surface area contributed by atoms with E-state index in [1.165, 1.54) is 12.0 Å². The third-order valence-corrected chi connectivity index (χ3v) is 6.85. The average molecular weight is 481 g/mol. The van der Waals surface area contributed by atoms with Crippen LogP contribution in [0.3, 0.4) is 0 Å². The molecule has 2 N–H and O–H groups in total. The fourth-order valence-electron chi connectivity index (χ4n) is 4.51. The number of aliphatic hydroxyl groups excluding tert-OH is 1. The molecule has 1 saturated heterocycles. The molecule has 35 heavy (non-hydrogen) atoms. The Morgan fingerprint density at radius 3 is 2.29 bits per heavy atom. The number of aryl methyl sites for hydroxylation is 1. The number of aliphatic hydroxyl groups is 1. The molecule has 1 aliphatic heterocycles. The normalized spacial score (nSPS) is 18.4. The van der Waals surface area contributed by atoms with Gasteiger partial charge in [0.15, 0.2) is 6.23 Å². The Hall–Kier alpha value is -3.16. The number of β-lactam (4-membered cyclic amide) rings is 1. The van der Waals surface area contributed by atoms with Gasteiger partial charge < -0.3 is 19.9 Å². The molecule has 0 aromatic heterocycles. The molecule has 3 amide bonds. The number of carbonyl (C=O) groups is 2. The number of rotatable bonds is 11. The standard InChI is InChI=1S/C28H36N2O5/c1-6-9-23(20-12-10-19(4)11-13-20)29-27(33)30-25(32)28(7-2,8-3)26(30)35-22-16-14-21(15-17-22)24(31)18-34-5/h6,10-17,23-24,26,31H,1,7-9,18H2,2-5H3,(H,29,33)/t23?,24-,26-/m0/s1. The summed E-state index contributed by atoms with van der Waals surface area (Å²) in [4.78, 5) is 27.8. The monoisotopic (exact) mass is 480 g/mol. The first-order chi connectivity index (χ1) is 16.8. The van der Waals surface area contributed by atoms with E-state index in [0.717, 1.165) is 11.1 Å². The van der Waals surface area contributed by atoms with Crippen LogP contribution in [0.4, 0.5) is 4.79 Å². The van der Waals surface area contributed by atoms with Crippen LogP contribution in [0.15, 0.2) is 61.2 Å². The van der Waals surface area contributed by atoms with E-state index in [1.807, 2.05) is 45.0 Å². The minimum Gasteiger partial charge on any atom is -0.469 e. The Labute approximate surface area is 207 Å². The molecule has 3 atom stereocenters. The predicted molar refractivity (Wildman–Crippen MR) is 135 cm³/mol. The third-order valence-electron chi connectivity index (χ3n) is 6.85. The largest absolute Gasteiger partial charge is 0.469 e. The summed E-state index contributed by atoms with van der Waals surface area (Å²) in [6.07, 6.45) is 1.90. The van der Waals surface area contributed by atoms with Gasteiger partial charge in [-0.05, 0) is 49.4 Å². The molecule has 7 nitrogen and oxygen atoms in total. The lowest BCUT2D eigenvalue weighted by atomic mass is 9.72. The van der Waals surface area contributed by atoms with Gasteiger partial charge in [0.25, 0.3) is 0 Å². The number of hydrogen-bond acceptors (Lipinski definition) is 5. The van der Waals surface area contributed by atoms with Crippen LogP contribution in [0.25, 0.3) is 0 Å². The number of amides is 3. The second-order valence-electron chi connectivity index (χ2n) is 8.99. The topological polar surface area (TPSA) is 88.1 Å². The second-order valence-corrected chi connectivity index (χ2v) is 8.99. The minimum atomic E-state index is -0.774. The number of methoxy groups -OCH3 is 1. The Balaban J connectivity index is 1.81. The van der Waals surface area contributed by atoms with E-state index in [1.54, 1.807) is 30.3 Å². The number of ether oxygens (including phenoxy) is 2. The van der Waals surface area contributed by atoms with Gasteiger partial charge in [-0.15, -0.1) is 6.58 Å². The molecule has 2 aromatic carbocycles. The van der Waals surface area contributed by atoms with Crippen molar-refractivity contribution in [2.45, 2.75) is 58.4 Å². The van der Waals surface area contributed by atoms with Crippen molar-refractivity contribution >= 4 is 11.9 Å². The summed E-state index contributed by atoms with van der Waals surface area (Å²) >= 11 is 0. The van der Waals surface area contributed by atoms with Gasteiger partial charge in [-0.3, -0.25) is 4.79 Å². The van der Waals surface area contributed by atoms with Crippen molar-refractivity contribution in [3.05, 3.63) is 77.9 Å². The van der Waals surface area contributed by atoms with Crippen molar-refractivity contribution in [3.63, 3.8) is 0 Å². The minimum absolute atomic E-state index is 0.187. The molecular weight excluding hydrogens is 444 g/mol. The fourth-order valence-corrected chi connectivity index (χ4v) is 4.51. The first-order valence-electron chi connectivity index (χ1n) is 12.1. The number of urea groups is 1. The first-order valence-corrected chi connectivity index (χ1v) is 12.1. The highest BCUT2D eigenvalue weighted by Crippen LogP contribution is 2.46. The van der Waals surface area contributed by atoms with Crippen LogP contribution in [0.5, 0.6) is 5.75 Å². The molecule has 7 heteroatoms. The third kappa shape index (κ3) is 5.41. The van der Waals surface area contributed by atoms with Crippen LogP contribution < -0.4 is 10.1 Å². The lowest BCUT2D eigenvalue weighted by molar-refractivity contribution is -0.191. The van der Waals surface area contributed by atoms with Gasteiger partial charge in [0.05, 0.1) is 12.6 Å². The van der Waals surface area contributed by atoms with E-state index < -0.39 is 23.8 Å². The highest BCUT2D eigenvalue weighted by atomic mass is 16.5. The number of nitrogens with zero attached hydrogens (tertiary/aromatic N) is 1. The Bertz CT molecular complexity index is 1010. The summed E-state index contributed by atoms with van der Waals surface area (Å²) in [5.41, 5.74) is 1.99. The zero-order chi connectivity index (χ0) is 25.6. The maximum atomic E-state index is 13.3. The molecule has 188 valence electrons. The zero-order valence-corrected chi connectivity index (χ0v) is 21.0. The molecule has 0 bridgehead atoms. The zero-order valence-electron chi connectivity index (χ0n) is 21.0. The average Bonchev–Trinajstić information content (AvgIpc) is 2.85. The summed E-state index contributed by atoms with van der Waals surface area (Å²) in [7, 11) is 1.53. The van der Waals surface area contributed by atoms with Gasteiger partial charge in [0.2, 0.25) is 5.91 Å². The van der Waals surface area contributed by atoms with E-state index in [9.17, 15) is 14.7 Å². The van der Waals surface area contributed by atoms with Crippen LogP contribution >= 0.6 is 0 Å². The van der Waals surface area contributed by atoms with Crippen LogP contribution in [0.2, 0.25) is 0 Å². The maximum Gasteiger partial charge on any atom is 0.327 e. The quantitative estimate of drug-likeness (QED) is 0.347. The number of carbonyl (C=O) groups excluding carboxylic acids is 2. The van der Waals surface area contributed by atoms with Gasteiger partial charge >= 0.3 is 6.03 Å². The molecule has 1 unspecified atom stereocenters. The fraction of sp³-hybridized carbons (Fsp3) is 0.429. The summed E-state index contributed by atoms with van der Waals surface area (Å²) in [5, 5.41) is 13.1. The van der Waals surface area contributed by atoms with E-state index in [0.29, 0.717) is 30.6 Å². The molecule has 1 aliphatic rings. The van der Waals surface area contributed by atoms with Crippen molar-refractivity contribution in [2.24, 2.45) is 5.41 Å². The summed E-state index contributed by atoms with van der Waals surface area (Å²) < 4.78 is 11.2. The van der Waals surface area contributed by atoms with Crippen molar-refractivity contribution < 1.29 is 24.2 Å². The molecule has 0 spiro atoms. The highest BCUT2D eigenvalue weighted by molar-refractivity contribution is 6.03. The number of likely N-dealkylation sites (tertiary alicyclic amines) is 1. The lowest BCUT2D eigenvalue weighted by Crippen LogP contribution is -2.73. The van der Waals surface area contributed by atoms with Gasteiger partial charge in [-0.1, -0.05) is 61.9 Å². The maximum absolute atomic E-state index is 13.3. The van der Waals surface area contributed by atoms with Crippen molar-refractivity contribution in [1.82, 2.24) is 10.2 Å². The Morgan fingerprint density at radius 2 is 1.74 bits per heavy atom. The summed E-state index contributed by atoms with van der Waals surface area (Å²) in [6, 6.07) is 14.1. The van der Waals surface area contributed by atoms with Crippen molar-refractivity contribution in [1.29, 1.82) is 0 Å². The molecule has 1 fully saturated rings. The molecule has 0 radical (unpaired) electrons. The molecule has 2 aromatic rings. The summed E-state index contributed by atoms with van der Waals surface area (Å²) in [6.45, 7) is 9.88. The number of nitrogens with one attached hydrogen (secondary N) is 1. The smallest absolute Gasteiger partial charge is 0.327 e. The van der Waals surface area contributed by atoms with E-state index in [2.05, 4.69) is 11.9 Å². The second kappa shape index (κ2) is 11.5. The number of hydrogen-bond donors (Lipinski definition) is 2. The molecule has 0 saturated carbocycles. The lowest BCUT2D eigenvalue weighted by Gasteiger charge is -2.53. The highest BCUT2D eigenvalue weighted by Gasteiger charge is 2.63. The van der Waals surface area contributed by atoms with Crippen LogP contribution in [0.1, 0.15) is 61.9 Å². The van der Waals surface area contributed by atoms with Crippen molar-refractivity contribution in [3.8, 4) is 5.75 Å². The van der Waals surface area contributed by atoms with Crippen LogP contribution in [-0.2, 0) is 9.53 Å². The Morgan fingerprint density at radius 1 is 1.14 bits per heavy atom. The Kier molecular flexibility index (Phi) is 8.70. The van der Waals surface area contributed by atoms with Crippen LogP contribution in [-0.4, -0.2) is 41.9 Å². The van der Waals surface area contributed by atoms with E-state index >= 15 is 0 Å². The van der Waals surface area contributed by atoms with E-state index in [4.69, 9.17) is 9.47 Å². The number of imide groups is 1. The number of benzene rings is 2. The molecule has 3 rings (SSSR count). The van der Waals surface area contributed by atoms with Crippen LogP contribution in [0, 0.1) is 12.3 Å². The summed E-state index contributed by atoms with van der Waals surface area (Å²) in [5.74, 6) is 0.277. The van der Waals surface area contributed by atoms with Crippen molar-refractivity contribution in [2.75, 3.05) is 13.7 Å².